The van der Waals surface area contributed by atoms with E-state index in [2.05, 4.69) is 25.2 Å². The Bertz CT molecular complexity index is 880. The van der Waals surface area contributed by atoms with Gasteiger partial charge in [0.05, 0.1) is 0 Å². The number of hydrogen-bond donors (Lipinski definition) is 1. The van der Waals surface area contributed by atoms with E-state index in [1.807, 2.05) is 6.92 Å². The number of aryl methyl sites for hydroxylation is 1. The van der Waals surface area contributed by atoms with Gasteiger partial charge in [-0.1, -0.05) is 31.1 Å². The maximum atomic E-state index is 12.5. The molecule has 0 atom stereocenters. The number of anilines is 1. The van der Waals surface area contributed by atoms with Gasteiger partial charge in [0.15, 0.2) is 0 Å². The minimum absolute atomic E-state index is 0.130. The number of carbonyl (C=O) groups excluding carboxylic acids is 1. The van der Waals surface area contributed by atoms with Crippen LogP contribution in [0.5, 0.6) is 0 Å². The van der Waals surface area contributed by atoms with E-state index < -0.39 is 0 Å². The van der Waals surface area contributed by atoms with Crippen LogP contribution in [-0.4, -0.2) is 69.6 Å². The maximum absolute atomic E-state index is 12.5. The molecular weight excluding hydrogens is 376 g/mol. The van der Waals surface area contributed by atoms with Crippen LogP contribution in [0.1, 0.15) is 38.3 Å². The highest BCUT2D eigenvalue weighted by molar-refractivity contribution is 7.20. The van der Waals surface area contributed by atoms with Gasteiger partial charge >= 0.3 is 0 Å². The van der Waals surface area contributed by atoms with Crippen LogP contribution in [0.3, 0.4) is 0 Å². The molecule has 152 valence electrons. The number of aromatic nitrogens is 3. The highest BCUT2D eigenvalue weighted by Crippen LogP contribution is 2.26. The topological polar surface area (TPSA) is 82.8 Å². The fourth-order valence-electron chi connectivity index (χ4n) is 4.05. The summed E-state index contributed by atoms with van der Waals surface area (Å²) >= 11 is 1.40. The summed E-state index contributed by atoms with van der Waals surface area (Å²) in [5.74, 6) is 0.645. The Morgan fingerprint density at radius 1 is 1.25 bits per heavy atom. The SMILES string of the molecule is CCc1cc(=O)n2nc(NCCN3CCN(C(=O)C4CCCC4)CC3)sc2n1. The Labute approximate surface area is 168 Å². The molecule has 2 aromatic rings. The second-order valence-corrected chi connectivity index (χ2v) is 8.57. The first-order valence-electron chi connectivity index (χ1n) is 10.3. The second kappa shape index (κ2) is 8.57. The highest BCUT2D eigenvalue weighted by atomic mass is 32.1. The first-order chi connectivity index (χ1) is 13.6. The van der Waals surface area contributed by atoms with Crippen LogP contribution in [0.25, 0.3) is 4.96 Å². The van der Waals surface area contributed by atoms with E-state index in [4.69, 9.17) is 0 Å². The molecule has 28 heavy (non-hydrogen) atoms. The number of amides is 1. The molecule has 9 heteroatoms. The maximum Gasteiger partial charge on any atom is 0.275 e. The number of fused-ring (bicyclic) bond motifs is 1. The standard InChI is InChI=1S/C19H28N6O2S/c1-2-15-13-16(26)25-19(21-15)28-18(22-25)20-7-8-23-9-11-24(12-10-23)17(27)14-5-3-4-6-14/h13-14H,2-12H2,1H3,(H,20,22). The molecule has 0 bridgehead atoms. The third kappa shape index (κ3) is 4.20. The molecule has 4 rings (SSSR count). The van der Waals surface area contributed by atoms with Gasteiger partial charge in [-0.05, 0) is 19.3 Å². The molecule has 2 aliphatic rings. The molecule has 0 aromatic carbocycles. The van der Waals surface area contributed by atoms with Crippen LogP contribution in [0.2, 0.25) is 0 Å². The van der Waals surface area contributed by atoms with Gasteiger partial charge in [-0.2, -0.15) is 4.52 Å². The molecule has 1 aliphatic heterocycles. The number of nitrogens with zero attached hydrogens (tertiary/aromatic N) is 5. The quantitative estimate of drug-likeness (QED) is 0.785. The molecule has 1 saturated heterocycles. The van der Waals surface area contributed by atoms with Gasteiger partial charge in [-0.25, -0.2) is 4.98 Å². The van der Waals surface area contributed by atoms with E-state index >= 15 is 0 Å². The highest BCUT2D eigenvalue weighted by Gasteiger charge is 2.29. The van der Waals surface area contributed by atoms with Crippen molar-refractivity contribution in [1.82, 2.24) is 24.4 Å². The smallest absolute Gasteiger partial charge is 0.275 e. The summed E-state index contributed by atoms with van der Waals surface area (Å²) in [5.41, 5.74) is 0.666. The van der Waals surface area contributed by atoms with Gasteiger partial charge < -0.3 is 10.2 Å². The lowest BCUT2D eigenvalue weighted by atomic mass is 10.1. The fraction of sp³-hybridized carbons (Fsp3) is 0.684. The Morgan fingerprint density at radius 2 is 2.00 bits per heavy atom. The van der Waals surface area contributed by atoms with Crippen molar-refractivity contribution in [3.05, 3.63) is 22.1 Å². The van der Waals surface area contributed by atoms with E-state index in [0.29, 0.717) is 16.0 Å². The first-order valence-corrected chi connectivity index (χ1v) is 11.1. The molecule has 0 spiro atoms. The van der Waals surface area contributed by atoms with Crippen molar-refractivity contribution in [2.45, 2.75) is 39.0 Å². The number of hydrogen-bond acceptors (Lipinski definition) is 7. The van der Waals surface area contributed by atoms with Gasteiger partial charge in [0.1, 0.15) is 0 Å². The summed E-state index contributed by atoms with van der Waals surface area (Å²) in [6, 6.07) is 1.54. The molecule has 1 aliphatic carbocycles. The van der Waals surface area contributed by atoms with Gasteiger partial charge in [0.2, 0.25) is 16.0 Å². The lowest BCUT2D eigenvalue weighted by Gasteiger charge is -2.36. The predicted octanol–water partition coefficient (Wildman–Crippen LogP) is 1.46. The van der Waals surface area contributed by atoms with Gasteiger partial charge in [-0.15, -0.1) is 5.10 Å². The van der Waals surface area contributed by atoms with Crippen molar-refractivity contribution < 1.29 is 4.79 Å². The molecular formula is C19H28N6O2S. The summed E-state index contributed by atoms with van der Waals surface area (Å²) in [5, 5.41) is 8.35. The monoisotopic (exact) mass is 404 g/mol. The van der Waals surface area contributed by atoms with Gasteiger partial charge in [0.25, 0.3) is 5.56 Å². The van der Waals surface area contributed by atoms with E-state index in [1.54, 1.807) is 6.07 Å². The first kappa shape index (κ1) is 19.3. The third-order valence-electron chi connectivity index (χ3n) is 5.75. The zero-order chi connectivity index (χ0) is 19.5. The summed E-state index contributed by atoms with van der Waals surface area (Å²) < 4.78 is 1.36. The molecule has 1 saturated carbocycles. The molecule has 2 aromatic heterocycles. The molecule has 0 unspecified atom stereocenters. The normalized spacial score (nSPS) is 18.8. The van der Waals surface area contributed by atoms with Gasteiger partial charge in [-0.3, -0.25) is 14.5 Å². The zero-order valence-electron chi connectivity index (χ0n) is 16.4. The van der Waals surface area contributed by atoms with Crippen molar-refractivity contribution in [3.8, 4) is 0 Å². The van der Waals surface area contributed by atoms with E-state index in [1.165, 1.54) is 28.7 Å². The zero-order valence-corrected chi connectivity index (χ0v) is 17.2. The van der Waals surface area contributed by atoms with Crippen molar-refractivity contribution in [2.75, 3.05) is 44.6 Å². The lowest BCUT2D eigenvalue weighted by molar-refractivity contribution is -0.137. The van der Waals surface area contributed by atoms with Crippen LogP contribution in [-0.2, 0) is 11.2 Å². The fourth-order valence-corrected chi connectivity index (χ4v) is 4.90. The van der Waals surface area contributed by atoms with Crippen LogP contribution in [0.15, 0.2) is 10.9 Å². The van der Waals surface area contributed by atoms with E-state index in [-0.39, 0.29) is 11.5 Å². The van der Waals surface area contributed by atoms with Crippen LogP contribution in [0, 0.1) is 5.92 Å². The average Bonchev–Trinajstić information content (AvgIpc) is 3.38. The lowest BCUT2D eigenvalue weighted by Crippen LogP contribution is -2.50. The van der Waals surface area contributed by atoms with Crippen molar-refractivity contribution >= 4 is 27.3 Å². The number of carbonyl (C=O) groups is 1. The van der Waals surface area contributed by atoms with Crippen LogP contribution in [0.4, 0.5) is 5.13 Å². The van der Waals surface area contributed by atoms with E-state index in [9.17, 15) is 9.59 Å². The Morgan fingerprint density at radius 3 is 2.71 bits per heavy atom. The number of rotatable bonds is 6. The predicted molar refractivity (Wildman–Crippen MR) is 110 cm³/mol. The molecule has 1 amide bonds. The van der Waals surface area contributed by atoms with Crippen molar-refractivity contribution in [1.29, 1.82) is 0 Å². The number of piperazine rings is 1. The molecule has 8 nitrogen and oxygen atoms in total. The Balaban J connectivity index is 1.25. The Kier molecular flexibility index (Phi) is 5.91. The van der Waals surface area contributed by atoms with E-state index in [0.717, 1.165) is 64.2 Å². The second-order valence-electron chi connectivity index (χ2n) is 7.62. The van der Waals surface area contributed by atoms with Crippen LogP contribution < -0.4 is 10.9 Å². The molecule has 2 fully saturated rings. The summed E-state index contributed by atoms with van der Waals surface area (Å²) in [4.78, 5) is 34.1. The molecule has 1 N–H and O–H groups in total. The minimum atomic E-state index is -0.130. The van der Waals surface area contributed by atoms with Crippen molar-refractivity contribution in [2.24, 2.45) is 5.92 Å². The number of nitrogens with one attached hydrogen (secondary N) is 1. The van der Waals surface area contributed by atoms with Gasteiger partial charge in [0, 0.05) is 56.9 Å². The van der Waals surface area contributed by atoms with Crippen molar-refractivity contribution in [3.63, 3.8) is 0 Å². The summed E-state index contributed by atoms with van der Waals surface area (Å²) in [6.45, 7) is 7.13. The molecule has 0 radical (unpaired) electrons. The third-order valence-corrected chi connectivity index (χ3v) is 6.62. The Hall–Kier alpha value is -2.00. The average molecular weight is 405 g/mol. The molecule has 3 heterocycles. The largest absolute Gasteiger partial charge is 0.359 e. The summed E-state index contributed by atoms with van der Waals surface area (Å²) in [7, 11) is 0. The van der Waals surface area contributed by atoms with Crippen LogP contribution >= 0.6 is 11.3 Å². The minimum Gasteiger partial charge on any atom is -0.359 e. The summed E-state index contributed by atoms with van der Waals surface area (Å²) in [6.07, 6.45) is 5.29.